The fourth-order valence-electron chi connectivity index (χ4n) is 6.24. The quantitative estimate of drug-likeness (QED) is 0.514. The van der Waals surface area contributed by atoms with Gasteiger partial charge in [-0.1, -0.05) is 44.9 Å². The number of rotatable bonds is 4. The van der Waals surface area contributed by atoms with Gasteiger partial charge in [0.15, 0.2) is 0 Å². The summed E-state index contributed by atoms with van der Waals surface area (Å²) in [6.07, 6.45) is 13.9. The van der Waals surface area contributed by atoms with Gasteiger partial charge in [0.1, 0.15) is 0 Å². The van der Waals surface area contributed by atoms with E-state index in [0.717, 1.165) is 25.5 Å². The summed E-state index contributed by atoms with van der Waals surface area (Å²) < 4.78 is 28.4. The first-order chi connectivity index (χ1) is 11.5. The molecule has 3 nitrogen and oxygen atoms in total. The summed E-state index contributed by atoms with van der Waals surface area (Å²) in [5.74, 6) is 1.17. The highest BCUT2D eigenvalue weighted by atomic mass is 32.2. The Hall–Kier alpha value is -0.610. The molecule has 1 unspecified atom stereocenters. The van der Waals surface area contributed by atoms with E-state index in [1.54, 1.807) is 5.57 Å². The highest BCUT2D eigenvalue weighted by Gasteiger charge is 2.55. The summed E-state index contributed by atoms with van der Waals surface area (Å²) in [6, 6.07) is 0. The number of allylic oxidation sites excluding steroid dienone is 3. The maximum Gasteiger partial charge on any atom is 0.264 e. The Morgan fingerprint density at radius 3 is 2.60 bits per heavy atom. The first-order valence-electron chi connectivity index (χ1n) is 9.71. The average Bonchev–Trinajstić information content (AvgIpc) is 2.52. The van der Waals surface area contributed by atoms with E-state index in [0.29, 0.717) is 18.4 Å². The zero-order chi connectivity index (χ0) is 18.5. The van der Waals surface area contributed by atoms with Crippen LogP contribution in [0.15, 0.2) is 24.3 Å². The van der Waals surface area contributed by atoms with Crippen LogP contribution in [0.3, 0.4) is 0 Å². The highest BCUT2D eigenvalue weighted by Crippen LogP contribution is 2.64. The van der Waals surface area contributed by atoms with Crippen LogP contribution in [0, 0.1) is 28.1 Å². The summed E-state index contributed by atoms with van der Waals surface area (Å²) in [4.78, 5) is 0. The smallest absolute Gasteiger partial charge is 0.264 e. The van der Waals surface area contributed by atoms with Crippen molar-refractivity contribution < 1.29 is 12.6 Å². The van der Waals surface area contributed by atoms with E-state index < -0.39 is 10.1 Å². The number of hydrogen-bond acceptors (Lipinski definition) is 3. The van der Waals surface area contributed by atoms with Crippen molar-refractivity contribution in [2.75, 3.05) is 12.9 Å². The molecule has 3 aliphatic carbocycles. The Balaban J connectivity index is 1.89. The van der Waals surface area contributed by atoms with Crippen molar-refractivity contribution in [3.05, 3.63) is 24.3 Å². The zero-order valence-electron chi connectivity index (χ0n) is 16.3. The lowest BCUT2D eigenvalue weighted by molar-refractivity contribution is -0.0840. The molecule has 0 aromatic carbocycles. The van der Waals surface area contributed by atoms with Gasteiger partial charge in [0.05, 0.1) is 12.9 Å². The summed E-state index contributed by atoms with van der Waals surface area (Å²) >= 11 is 0. The van der Waals surface area contributed by atoms with E-state index in [4.69, 9.17) is 4.18 Å². The second-order valence-corrected chi connectivity index (χ2v) is 11.2. The molecule has 0 N–H and O–H groups in total. The Kier molecular flexibility index (Phi) is 4.77. The topological polar surface area (TPSA) is 43.4 Å². The summed E-state index contributed by atoms with van der Waals surface area (Å²) in [7, 11) is -3.38. The number of hydrogen-bond donors (Lipinski definition) is 0. The second kappa shape index (κ2) is 6.23. The minimum atomic E-state index is -3.38. The first-order valence-corrected chi connectivity index (χ1v) is 11.5. The van der Waals surface area contributed by atoms with Crippen LogP contribution >= 0.6 is 0 Å². The molecule has 2 saturated carbocycles. The van der Waals surface area contributed by atoms with Crippen molar-refractivity contribution in [1.29, 1.82) is 0 Å². The molecule has 0 saturated heterocycles. The van der Waals surface area contributed by atoms with Crippen LogP contribution in [0.4, 0.5) is 0 Å². The van der Waals surface area contributed by atoms with Gasteiger partial charge in [-0.25, -0.2) is 0 Å². The van der Waals surface area contributed by atoms with Crippen molar-refractivity contribution in [3.63, 3.8) is 0 Å². The van der Waals surface area contributed by atoms with Crippen LogP contribution in [-0.4, -0.2) is 21.3 Å². The molecule has 142 valence electrons. The molecule has 4 heteroatoms. The summed E-state index contributed by atoms with van der Waals surface area (Å²) in [5.41, 5.74) is 1.99. The van der Waals surface area contributed by atoms with Gasteiger partial charge in [0.25, 0.3) is 10.1 Å². The van der Waals surface area contributed by atoms with E-state index in [-0.39, 0.29) is 16.2 Å². The van der Waals surface area contributed by atoms with Crippen LogP contribution in [-0.2, 0) is 14.3 Å². The van der Waals surface area contributed by atoms with Crippen LogP contribution in [0.5, 0.6) is 0 Å². The Bertz CT molecular complexity index is 679. The molecular formula is C21H34O3S. The largest absolute Gasteiger partial charge is 0.270 e. The van der Waals surface area contributed by atoms with Crippen molar-refractivity contribution in [2.24, 2.45) is 28.1 Å². The molecular weight excluding hydrogens is 332 g/mol. The van der Waals surface area contributed by atoms with Gasteiger partial charge >= 0.3 is 0 Å². The Labute approximate surface area is 154 Å². The molecule has 0 radical (unpaired) electrons. The van der Waals surface area contributed by atoms with Crippen molar-refractivity contribution in [1.82, 2.24) is 0 Å². The monoisotopic (exact) mass is 366 g/mol. The van der Waals surface area contributed by atoms with E-state index in [9.17, 15) is 8.42 Å². The van der Waals surface area contributed by atoms with Gasteiger partial charge < -0.3 is 0 Å². The van der Waals surface area contributed by atoms with Gasteiger partial charge in [0.2, 0.25) is 0 Å². The van der Waals surface area contributed by atoms with Gasteiger partial charge in [0, 0.05) is 5.41 Å². The standard InChI is InChI=1S/C21H34O3S/c1-6-19(2)13-10-17-16(14-19)8-9-18-20(3,15-24-25(5,22)23)11-7-12-21(17,18)4/h6,14,17-18H,1,7-13,15H2,2-5H3/t17-,18?,19-,20-,21+/m0/s1. The summed E-state index contributed by atoms with van der Waals surface area (Å²) in [5, 5.41) is 0. The van der Waals surface area contributed by atoms with Crippen molar-refractivity contribution in [2.45, 2.75) is 65.7 Å². The molecule has 0 amide bonds. The summed E-state index contributed by atoms with van der Waals surface area (Å²) in [6.45, 7) is 11.4. The Morgan fingerprint density at radius 2 is 1.96 bits per heavy atom. The van der Waals surface area contributed by atoms with E-state index >= 15 is 0 Å². The second-order valence-electron chi connectivity index (χ2n) is 9.59. The predicted octanol–water partition coefficient (Wildman–Crippen LogP) is 5.10. The first kappa shape index (κ1) is 19.2. The average molecular weight is 367 g/mol. The number of fused-ring (bicyclic) bond motifs is 3. The lowest BCUT2D eigenvalue weighted by atomic mass is 9.45. The van der Waals surface area contributed by atoms with Crippen LogP contribution in [0.25, 0.3) is 0 Å². The maximum absolute atomic E-state index is 11.5. The molecule has 0 aromatic heterocycles. The third-order valence-corrected chi connectivity index (χ3v) is 8.17. The SMILES string of the molecule is C=C[C@]1(C)C=C2CCC3[C@](C)(COS(C)(=O)=O)CCC[C@]3(C)[C@H]2CC1. The van der Waals surface area contributed by atoms with Crippen LogP contribution in [0.1, 0.15) is 65.7 Å². The molecule has 25 heavy (non-hydrogen) atoms. The van der Waals surface area contributed by atoms with Gasteiger partial charge in [-0.3, -0.25) is 4.18 Å². The van der Waals surface area contributed by atoms with Crippen molar-refractivity contribution >= 4 is 10.1 Å². The maximum atomic E-state index is 11.5. The molecule has 0 aliphatic heterocycles. The van der Waals surface area contributed by atoms with E-state index in [1.807, 2.05) is 0 Å². The minimum Gasteiger partial charge on any atom is -0.270 e. The van der Waals surface area contributed by atoms with Crippen molar-refractivity contribution in [3.8, 4) is 0 Å². The molecule has 3 aliphatic rings. The predicted molar refractivity (Wildman–Crippen MR) is 103 cm³/mol. The molecule has 0 bridgehead atoms. The van der Waals surface area contributed by atoms with Crippen LogP contribution < -0.4 is 0 Å². The normalized spacial score (nSPS) is 44.4. The van der Waals surface area contributed by atoms with E-state index in [1.165, 1.54) is 25.7 Å². The molecule has 0 spiro atoms. The van der Waals surface area contributed by atoms with Gasteiger partial charge in [-0.2, -0.15) is 8.42 Å². The lowest BCUT2D eigenvalue weighted by Gasteiger charge is -2.60. The van der Waals surface area contributed by atoms with Gasteiger partial charge in [-0.15, -0.1) is 6.58 Å². The zero-order valence-corrected chi connectivity index (χ0v) is 17.1. The molecule has 2 fully saturated rings. The molecule has 0 aromatic rings. The molecule has 3 rings (SSSR count). The van der Waals surface area contributed by atoms with Gasteiger partial charge in [-0.05, 0) is 61.2 Å². The minimum absolute atomic E-state index is 0.0409. The fourth-order valence-corrected chi connectivity index (χ4v) is 6.72. The van der Waals surface area contributed by atoms with E-state index in [2.05, 4.69) is 39.5 Å². The van der Waals surface area contributed by atoms with Crippen LogP contribution in [0.2, 0.25) is 0 Å². The highest BCUT2D eigenvalue weighted by molar-refractivity contribution is 7.85. The fraction of sp³-hybridized carbons (Fsp3) is 0.810. The third-order valence-electron chi connectivity index (χ3n) is 7.62. The molecule has 0 heterocycles. The lowest BCUT2D eigenvalue weighted by Crippen LogP contribution is -2.53. The Morgan fingerprint density at radius 1 is 1.24 bits per heavy atom. The molecule has 5 atom stereocenters. The third kappa shape index (κ3) is 3.49.